The molecule has 5 heteroatoms. The van der Waals surface area contributed by atoms with Gasteiger partial charge in [0.15, 0.2) is 0 Å². The maximum absolute atomic E-state index is 10.9. The normalized spacial score (nSPS) is 11.8. The molecular formula is C14H23N3O2. The lowest BCUT2D eigenvalue weighted by Gasteiger charge is -2.17. The van der Waals surface area contributed by atoms with Gasteiger partial charge in [-0.05, 0) is 24.6 Å². The lowest BCUT2D eigenvalue weighted by atomic mass is 10.1. The second kappa shape index (κ2) is 7.63. The number of carbonyl (C=O) groups excluding carboxylic acids is 1. The van der Waals surface area contributed by atoms with E-state index >= 15 is 0 Å². The van der Waals surface area contributed by atoms with Crippen LogP contribution in [0.1, 0.15) is 18.5 Å². The Balaban J connectivity index is 2.36. The molecular weight excluding hydrogens is 242 g/mol. The van der Waals surface area contributed by atoms with Crippen molar-refractivity contribution >= 4 is 11.8 Å². The van der Waals surface area contributed by atoms with Crippen molar-refractivity contribution in [1.29, 1.82) is 0 Å². The number of nitrogens with zero attached hydrogens (tertiary/aromatic N) is 1. The van der Waals surface area contributed by atoms with E-state index in [1.165, 1.54) is 18.4 Å². The van der Waals surface area contributed by atoms with E-state index in [1.807, 2.05) is 14.1 Å². The molecule has 0 aromatic heterocycles. The van der Waals surface area contributed by atoms with Crippen LogP contribution < -0.4 is 15.5 Å². The number of amides is 1. The zero-order valence-electron chi connectivity index (χ0n) is 12.1. The molecule has 0 aliphatic carbocycles. The molecule has 1 atom stereocenters. The van der Waals surface area contributed by atoms with Crippen molar-refractivity contribution in [2.75, 3.05) is 39.2 Å². The summed E-state index contributed by atoms with van der Waals surface area (Å²) >= 11 is 0. The summed E-state index contributed by atoms with van der Waals surface area (Å²) < 4.78 is 4.49. The molecule has 0 spiro atoms. The number of carbonyl (C=O) groups is 1. The second-order valence-electron chi connectivity index (χ2n) is 4.58. The average molecular weight is 265 g/mol. The summed E-state index contributed by atoms with van der Waals surface area (Å²) in [5, 5.41) is 5.98. The van der Waals surface area contributed by atoms with Crippen LogP contribution in [-0.2, 0) is 4.74 Å². The van der Waals surface area contributed by atoms with Gasteiger partial charge in [-0.2, -0.15) is 0 Å². The zero-order valence-corrected chi connectivity index (χ0v) is 12.1. The van der Waals surface area contributed by atoms with Crippen molar-refractivity contribution < 1.29 is 9.53 Å². The van der Waals surface area contributed by atoms with E-state index in [4.69, 9.17) is 0 Å². The predicted molar refractivity (Wildman–Crippen MR) is 77.6 cm³/mol. The molecule has 0 bridgehead atoms. The van der Waals surface area contributed by atoms with E-state index in [1.54, 1.807) is 0 Å². The fourth-order valence-electron chi connectivity index (χ4n) is 1.70. The molecule has 0 heterocycles. The van der Waals surface area contributed by atoms with Crippen LogP contribution in [0.25, 0.3) is 0 Å². The molecule has 1 aromatic carbocycles. The third kappa shape index (κ3) is 5.18. The molecule has 1 aromatic rings. The molecule has 0 saturated heterocycles. The van der Waals surface area contributed by atoms with Gasteiger partial charge in [-0.15, -0.1) is 0 Å². The molecule has 0 radical (unpaired) electrons. The highest BCUT2D eigenvalue weighted by Crippen LogP contribution is 2.17. The first-order valence-electron chi connectivity index (χ1n) is 6.37. The first kappa shape index (κ1) is 15.3. The standard InChI is InChI=1S/C14H23N3O2/c1-11(15-9-10-16-14(18)19-4)12-5-7-13(8-6-12)17(2)3/h5-8,11,15H,9-10H2,1-4H3,(H,16,18). The van der Waals surface area contributed by atoms with Gasteiger partial charge in [-0.1, -0.05) is 12.1 Å². The Kier molecular flexibility index (Phi) is 6.15. The molecule has 0 aliphatic heterocycles. The van der Waals surface area contributed by atoms with Gasteiger partial charge in [-0.3, -0.25) is 0 Å². The Labute approximate surface area is 114 Å². The van der Waals surface area contributed by atoms with Crippen molar-refractivity contribution in [3.05, 3.63) is 29.8 Å². The molecule has 2 N–H and O–H groups in total. The summed E-state index contributed by atoms with van der Waals surface area (Å²) in [6.45, 7) is 3.35. The monoisotopic (exact) mass is 265 g/mol. The molecule has 5 nitrogen and oxygen atoms in total. The number of methoxy groups -OCH3 is 1. The minimum atomic E-state index is -0.398. The fraction of sp³-hybridized carbons (Fsp3) is 0.500. The van der Waals surface area contributed by atoms with E-state index < -0.39 is 6.09 Å². The number of alkyl carbamates (subject to hydrolysis) is 1. The molecule has 0 saturated carbocycles. The Morgan fingerprint density at radius 2 is 1.89 bits per heavy atom. The summed E-state index contributed by atoms with van der Waals surface area (Å²) in [6.07, 6.45) is -0.398. The van der Waals surface area contributed by atoms with Crippen LogP contribution in [-0.4, -0.2) is 40.4 Å². The van der Waals surface area contributed by atoms with Gasteiger partial charge in [0.1, 0.15) is 0 Å². The molecule has 0 aliphatic rings. The highest BCUT2D eigenvalue weighted by molar-refractivity contribution is 5.66. The highest BCUT2D eigenvalue weighted by atomic mass is 16.5. The van der Waals surface area contributed by atoms with Crippen LogP contribution in [0.5, 0.6) is 0 Å². The first-order chi connectivity index (χ1) is 9.04. The van der Waals surface area contributed by atoms with Crippen molar-refractivity contribution in [3.8, 4) is 0 Å². The van der Waals surface area contributed by atoms with Gasteiger partial charge < -0.3 is 20.3 Å². The molecule has 0 fully saturated rings. The summed E-state index contributed by atoms with van der Waals surface area (Å²) in [4.78, 5) is 12.9. The van der Waals surface area contributed by atoms with Crippen LogP contribution in [0.2, 0.25) is 0 Å². The van der Waals surface area contributed by atoms with Gasteiger partial charge in [0.05, 0.1) is 7.11 Å². The molecule has 1 rings (SSSR count). The van der Waals surface area contributed by atoms with Gasteiger partial charge in [0.25, 0.3) is 0 Å². The maximum atomic E-state index is 10.9. The third-order valence-electron chi connectivity index (χ3n) is 2.94. The van der Waals surface area contributed by atoms with Crippen molar-refractivity contribution in [2.45, 2.75) is 13.0 Å². The van der Waals surface area contributed by atoms with E-state index in [9.17, 15) is 4.79 Å². The van der Waals surface area contributed by atoms with E-state index in [2.05, 4.69) is 51.5 Å². The van der Waals surface area contributed by atoms with E-state index in [0.717, 1.165) is 0 Å². The highest BCUT2D eigenvalue weighted by Gasteiger charge is 2.05. The van der Waals surface area contributed by atoms with E-state index in [0.29, 0.717) is 13.1 Å². The smallest absolute Gasteiger partial charge is 0.406 e. The molecule has 1 unspecified atom stereocenters. The van der Waals surface area contributed by atoms with Crippen LogP contribution in [0.4, 0.5) is 10.5 Å². The van der Waals surface area contributed by atoms with Crippen LogP contribution in [0.3, 0.4) is 0 Å². The second-order valence-corrected chi connectivity index (χ2v) is 4.58. The van der Waals surface area contributed by atoms with Gasteiger partial charge in [0.2, 0.25) is 0 Å². The number of hydrogen-bond acceptors (Lipinski definition) is 4. The summed E-state index contributed by atoms with van der Waals surface area (Å²) in [6, 6.07) is 8.66. The number of nitrogens with one attached hydrogen (secondary N) is 2. The molecule has 106 valence electrons. The Hall–Kier alpha value is -1.75. The Morgan fingerprint density at radius 1 is 1.26 bits per heavy atom. The van der Waals surface area contributed by atoms with Gasteiger partial charge >= 0.3 is 6.09 Å². The van der Waals surface area contributed by atoms with Gasteiger partial charge in [0, 0.05) is 38.9 Å². The topological polar surface area (TPSA) is 53.6 Å². The summed E-state index contributed by atoms with van der Waals surface area (Å²) in [7, 11) is 5.40. The number of benzene rings is 1. The summed E-state index contributed by atoms with van der Waals surface area (Å²) in [5.74, 6) is 0. The quantitative estimate of drug-likeness (QED) is 0.770. The third-order valence-corrected chi connectivity index (χ3v) is 2.94. The maximum Gasteiger partial charge on any atom is 0.406 e. The van der Waals surface area contributed by atoms with Crippen molar-refractivity contribution in [2.24, 2.45) is 0 Å². The number of hydrogen-bond donors (Lipinski definition) is 2. The molecule has 1 amide bonds. The Morgan fingerprint density at radius 3 is 2.42 bits per heavy atom. The number of anilines is 1. The lowest BCUT2D eigenvalue weighted by Crippen LogP contribution is -2.32. The number of ether oxygens (including phenoxy) is 1. The van der Waals surface area contributed by atoms with E-state index in [-0.39, 0.29) is 6.04 Å². The minimum absolute atomic E-state index is 0.246. The SMILES string of the molecule is COC(=O)NCCNC(C)c1ccc(N(C)C)cc1. The lowest BCUT2D eigenvalue weighted by molar-refractivity contribution is 0.171. The fourth-order valence-corrected chi connectivity index (χ4v) is 1.70. The Bertz CT molecular complexity index is 390. The first-order valence-corrected chi connectivity index (χ1v) is 6.37. The molecule has 19 heavy (non-hydrogen) atoms. The average Bonchev–Trinajstić information content (AvgIpc) is 2.43. The van der Waals surface area contributed by atoms with Crippen LogP contribution >= 0.6 is 0 Å². The van der Waals surface area contributed by atoms with Crippen molar-refractivity contribution in [1.82, 2.24) is 10.6 Å². The predicted octanol–water partition coefficient (Wildman–Crippen LogP) is 1.76. The summed E-state index contributed by atoms with van der Waals surface area (Å²) in [5.41, 5.74) is 2.41. The zero-order chi connectivity index (χ0) is 14.3. The minimum Gasteiger partial charge on any atom is -0.453 e. The largest absolute Gasteiger partial charge is 0.453 e. The number of rotatable bonds is 6. The van der Waals surface area contributed by atoms with Crippen LogP contribution in [0, 0.1) is 0 Å². The van der Waals surface area contributed by atoms with Crippen molar-refractivity contribution in [3.63, 3.8) is 0 Å². The van der Waals surface area contributed by atoms with Gasteiger partial charge in [-0.25, -0.2) is 4.79 Å². The van der Waals surface area contributed by atoms with Crippen LogP contribution in [0.15, 0.2) is 24.3 Å².